The number of nitro benzene ring substituents is 1. The molecule has 1 unspecified atom stereocenters. The number of sulfonamides is 1. The third-order valence-electron chi connectivity index (χ3n) is 4.36. The second kappa shape index (κ2) is 6.72. The molecular weight excluding hydrogens is 306 g/mol. The van der Waals surface area contributed by atoms with Gasteiger partial charge in [-0.3, -0.25) is 10.1 Å². The third kappa shape index (κ3) is 3.45. The van der Waals surface area contributed by atoms with Gasteiger partial charge in [0.2, 0.25) is 10.0 Å². The molecule has 0 radical (unpaired) electrons. The second-order valence-corrected chi connectivity index (χ2v) is 7.56. The van der Waals surface area contributed by atoms with Crippen LogP contribution in [0.25, 0.3) is 0 Å². The number of piperazine rings is 1. The molecule has 1 heterocycles. The lowest BCUT2D eigenvalue weighted by atomic mass is 10.2. The molecule has 0 saturated carbocycles. The van der Waals surface area contributed by atoms with E-state index in [9.17, 15) is 18.5 Å². The van der Waals surface area contributed by atoms with Gasteiger partial charge in [0.05, 0.1) is 42.0 Å². The fourth-order valence-corrected chi connectivity index (χ4v) is 4.13. The number of nitrogens with one attached hydrogen (secondary N) is 1. The molecule has 2 rings (SSSR count). The molecule has 7 nitrogen and oxygen atoms in total. The average Bonchev–Trinajstić information content (AvgIpc) is 2.54. The number of quaternary nitrogens is 1. The molecule has 1 saturated heterocycles. The summed E-state index contributed by atoms with van der Waals surface area (Å²) in [6.07, 6.45) is 1.07. The predicted octanol–water partition coefficient (Wildman–Crippen LogP) is 0.283. The van der Waals surface area contributed by atoms with Crippen LogP contribution in [0.5, 0.6) is 0 Å². The molecule has 1 fully saturated rings. The molecule has 0 aromatic heterocycles. The number of non-ortho nitro benzene ring substituents is 1. The van der Waals surface area contributed by atoms with Crippen LogP contribution >= 0.6 is 0 Å². The van der Waals surface area contributed by atoms with E-state index in [1.807, 2.05) is 0 Å². The maximum absolute atomic E-state index is 12.6. The van der Waals surface area contributed by atoms with Crippen molar-refractivity contribution in [1.29, 1.82) is 0 Å². The highest BCUT2D eigenvalue weighted by molar-refractivity contribution is 7.89. The van der Waals surface area contributed by atoms with E-state index < -0.39 is 14.9 Å². The van der Waals surface area contributed by atoms with E-state index in [1.54, 1.807) is 0 Å². The van der Waals surface area contributed by atoms with Crippen molar-refractivity contribution in [2.45, 2.75) is 31.2 Å². The number of hydrogen-bond donors (Lipinski definition) is 1. The minimum absolute atomic E-state index is 0.106. The molecule has 1 aromatic carbocycles. The fraction of sp³-hybridized carbons (Fsp3) is 0.571. The Balaban J connectivity index is 2.10. The van der Waals surface area contributed by atoms with Crippen LogP contribution in [-0.4, -0.2) is 49.9 Å². The summed E-state index contributed by atoms with van der Waals surface area (Å²) in [4.78, 5) is 11.6. The van der Waals surface area contributed by atoms with Crippen LogP contribution in [0.4, 0.5) is 5.69 Å². The lowest BCUT2D eigenvalue weighted by Gasteiger charge is -2.34. The highest BCUT2D eigenvalue weighted by Crippen LogP contribution is 2.19. The quantitative estimate of drug-likeness (QED) is 0.621. The van der Waals surface area contributed by atoms with Crippen LogP contribution in [0.3, 0.4) is 0 Å². The number of hydrogen-bond acceptors (Lipinski definition) is 4. The normalized spacial score (nSPS) is 19.0. The van der Waals surface area contributed by atoms with Crippen molar-refractivity contribution in [3.05, 3.63) is 34.4 Å². The summed E-state index contributed by atoms with van der Waals surface area (Å²) in [5.41, 5.74) is -0.106. The maximum atomic E-state index is 12.6. The molecule has 1 aromatic rings. The monoisotopic (exact) mass is 328 g/mol. The average molecular weight is 328 g/mol. The van der Waals surface area contributed by atoms with Gasteiger partial charge in [0.25, 0.3) is 5.69 Å². The SMILES string of the molecule is CCC(C)[NH+]1CCN(S(=O)(=O)c2ccc([N+](=O)[O-])cc2)CC1. The van der Waals surface area contributed by atoms with Gasteiger partial charge in [0, 0.05) is 12.1 Å². The highest BCUT2D eigenvalue weighted by Gasteiger charge is 2.31. The third-order valence-corrected chi connectivity index (χ3v) is 6.27. The van der Waals surface area contributed by atoms with Gasteiger partial charge < -0.3 is 4.90 Å². The first-order valence-corrected chi connectivity index (χ1v) is 8.89. The molecule has 8 heteroatoms. The first-order chi connectivity index (χ1) is 10.4. The zero-order chi connectivity index (χ0) is 16.3. The zero-order valence-corrected chi connectivity index (χ0v) is 13.7. The van der Waals surface area contributed by atoms with Crippen LogP contribution in [0.1, 0.15) is 20.3 Å². The predicted molar refractivity (Wildman–Crippen MR) is 82.3 cm³/mol. The van der Waals surface area contributed by atoms with Crippen LogP contribution < -0.4 is 4.90 Å². The number of rotatable bonds is 5. The molecule has 1 aliphatic rings. The van der Waals surface area contributed by atoms with Crippen molar-refractivity contribution in [2.75, 3.05) is 26.2 Å². The summed E-state index contributed by atoms with van der Waals surface area (Å²) in [6, 6.07) is 5.60. The fourth-order valence-electron chi connectivity index (χ4n) is 2.68. The molecule has 0 spiro atoms. The summed E-state index contributed by atoms with van der Waals surface area (Å²) in [5, 5.41) is 10.6. The Kier molecular flexibility index (Phi) is 5.15. The Morgan fingerprint density at radius 1 is 1.27 bits per heavy atom. The van der Waals surface area contributed by atoms with Crippen LogP contribution in [0.2, 0.25) is 0 Å². The lowest BCUT2D eigenvalue weighted by molar-refractivity contribution is -0.927. The highest BCUT2D eigenvalue weighted by atomic mass is 32.2. The van der Waals surface area contributed by atoms with E-state index in [1.165, 1.54) is 33.5 Å². The number of benzene rings is 1. The van der Waals surface area contributed by atoms with E-state index in [4.69, 9.17) is 0 Å². The minimum Gasteiger partial charge on any atom is -0.331 e. The van der Waals surface area contributed by atoms with Gasteiger partial charge in [-0.05, 0) is 25.5 Å². The molecule has 0 bridgehead atoms. The molecule has 1 N–H and O–H groups in total. The van der Waals surface area contributed by atoms with Crippen molar-refractivity contribution in [3.8, 4) is 0 Å². The van der Waals surface area contributed by atoms with E-state index in [0.29, 0.717) is 19.1 Å². The second-order valence-electron chi connectivity index (χ2n) is 5.62. The Bertz CT molecular complexity index is 622. The van der Waals surface area contributed by atoms with Crippen LogP contribution in [0, 0.1) is 10.1 Å². The molecule has 122 valence electrons. The van der Waals surface area contributed by atoms with Gasteiger partial charge in [-0.1, -0.05) is 6.92 Å². The van der Waals surface area contributed by atoms with Gasteiger partial charge in [-0.25, -0.2) is 8.42 Å². The van der Waals surface area contributed by atoms with Crippen molar-refractivity contribution >= 4 is 15.7 Å². The van der Waals surface area contributed by atoms with Crippen molar-refractivity contribution in [2.24, 2.45) is 0 Å². The molecule has 0 amide bonds. The van der Waals surface area contributed by atoms with Crippen LogP contribution in [0.15, 0.2) is 29.2 Å². The Labute approximate surface area is 130 Å². The number of nitro groups is 1. The Morgan fingerprint density at radius 3 is 2.27 bits per heavy atom. The van der Waals surface area contributed by atoms with Crippen molar-refractivity contribution in [1.82, 2.24) is 4.31 Å². The van der Waals surface area contributed by atoms with E-state index in [-0.39, 0.29) is 10.6 Å². The summed E-state index contributed by atoms with van der Waals surface area (Å²) in [7, 11) is -3.56. The molecule has 0 aliphatic carbocycles. The van der Waals surface area contributed by atoms with Gasteiger partial charge >= 0.3 is 0 Å². The Morgan fingerprint density at radius 2 is 1.82 bits per heavy atom. The summed E-state index contributed by atoms with van der Waals surface area (Å²) in [5.74, 6) is 0. The van der Waals surface area contributed by atoms with E-state index in [2.05, 4.69) is 13.8 Å². The minimum atomic E-state index is -3.56. The number of nitrogens with zero attached hydrogens (tertiary/aromatic N) is 2. The standard InChI is InChI=1S/C14H21N3O4S/c1-3-12(2)15-8-10-16(11-9-15)22(20,21)14-6-4-13(5-7-14)17(18)19/h4-7,12H,3,8-11H2,1-2H3/p+1. The van der Waals surface area contributed by atoms with Gasteiger partial charge in [0.1, 0.15) is 0 Å². The first kappa shape index (κ1) is 16.9. The smallest absolute Gasteiger partial charge is 0.269 e. The molecule has 1 atom stereocenters. The molecular formula is C14H22N3O4S+. The van der Waals surface area contributed by atoms with Crippen molar-refractivity contribution < 1.29 is 18.2 Å². The summed E-state index contributed by atoms with van der Waals surface area (Å²) in [6.45, 7) is 6.87. The molecule has 22 heavy (non-hydrogen) atoms. The first-order valence-electron chi connectivity index (χ1n) is 7.45. The van der Waals surface area contributed by atoms with E-state index >= 15 is 0 Å². The van der Waals surface area contributed by atoms with E-state index in [0.717, 1.165) is 19.5 Å². The largest absolute Gasteiger partial charge is 0.331 e. The maximum Gasteiger partial charge on any atom is 0.269 e. The van der Waals surface area contributed by atoms with Gasteiger partial charge in [-0.2, -0.15) is 4.31 Å². The van der Waals surface area contributed by atoms with Gasteiger partial charge in [0.15, 0.2) is 0 Å². The van der Waals surface area contributed by atoms with Crippen molar-refractivity contribution in [3.63, 3.8) is 0 Å². The Hall–Kier alpha value is -1.51. The zero-order valence-electron chi connectivity index (χ0n) is 12.9. The lowest BCUT2D eigenvalue weighted by Crippen LogP contribution is -3.17. The van der Waals surface area contributed by atoms with Gasteiger partial charge in [-0.15, -0.1) is 0 Å². The summed E-state index contributed by atoms with van der Waals surface area (Å²) >= 11 is 0. The summed E-state index contributed by atoms with van der Waals surface area (Å²) < 4.78 is 26.6. The van der Waals surface area contributed by atoms with Crippen LogP contribution in [-0.2, 0) is 10.0 Å². The molecule has 1 aliphatic heterocycles. The topological polar surface area (TPSA) is 85.0 Å².